The Kier molecular flexibility index (Phi) is 12.6. The predicted octanol–water partition coefficient (Wildman–Crippen LogP) is 5.02. The molecule has 5 rings (SSSR count). The molecule has 3 aromatic rings. The van der Waals surface area contributed by atoms with Crippen LogP contribution in [0.1, 0.15) is 36.3 Å². The maximum Gasteiger partial charge on any atom is 0.227 e. The number of fused-ring (bicyclic) bond motifs is 1. The van der Waals surface area contributed by atoms with E-state index in [1.165, 1.54) is 5.56 Å². The largest absolute Gasteiger partial charge is 0.493 e. The van der Waals surface area contributed by atoms with Crippen molar-refractivity contribution >= 4 is 59.9 Å². The Hall–Kier alpha value is -2.23. The molecule has 1 aromatic heterocycles. The van der Waals surface area contributed by atoms with Crippen LogP contribution in [-0.4, -0.2) is 80.3 Å². The van der Waals surface area contributed by atoms with Gasteiger partial charge in [0.15, 0.2) is 11.5 Å². The number of likely N-dealkylation sites (N-methyl/N-ethyl adjacent to an activating group) is 1. The van der Waals surface area contributed by atoms with Crippen molar-refractivity contribution in [3.63, 3.8) is 0 Å². The lowest BCUT2D eigenvalue weighted by Crippen LogP contribution is -2.32. The first-order chi connectivity index (χ1) is 17.6. The van der Waals surface area contributed by atoms with E-state index in [4.69, 9.17) is 25.2 Å². The number of likely N-dealkylation sites (tertiary alicyclic amines) is 1. The van der Waals surface area contributed by atoms with Crippen LogP contribution in [0.5, 0.6) is 11.5 Å². The number of nitrogens with two attached hydrogens (primary N) is 1. The molecule has 2 fully saturated rings. The molecule has 39 heavy (non-hydrogen) atoms. The zero-order valence-corrected chi connectivity index (χ0v) is 25.4. The monoisotopic (exact) mass is 598 g/mol. The molecule has 0 bridgehead atoms. The van der Waals surface area contributed by atoms with Gasteiger partial charge in [-0.1, -0.05) is 30.3 Å². The molecule has 2 aromatic carbocycles. The normalized spacial score (nSPS) is 16.9. The second kappa shape index (κ2) is 15.0. The van der Waals surface area contributed by atoms with Crippen LogP contribution >= 0.6 is 37.2 Å². The minimum absolute atomic E-state index is 0. The molecule has 0 unspecified atom stereocenters. The number of halogens is 3. The fourth-order valence-corrected chi connectivity index (χ4v) is 5.66. The maximum absolute atomic E-state index is 6.69. The fraction of sp³-hybridized carbons (Fsp3) is 0.500. The summed E-state index contributed by atoms with van der Waals surface area (Å²) >= 11 is 0. The second-order valence-corrected chi connectivity index (χ2v) is 10.0. The number of nitrogens with zero attached hydrogens (tertiary/aromatic N) is 5. The first kappa shape index (κ1) is 33.0. The van der Waals surface area contributed by atoms with Gasteiger partial charge in [-0.15, -0.1) is 37.2 Å². The molecule has 0 saturated carbocycles. The lowest BCUT2D eigenvalue weighted by atomic mass is 9.86. The number of nitrogen functional groups attached to an aromatic ring is 1. The second-order valence-electron chi connectivity index (χ2n) is 10.0. The van der Waals surface area contributed by atoms with Crippen LogP contribution in [0.3, 0.4) is 0 Å². The van der Waals surface area contributed by atoms with Gasteiger partial charge >= 0.3 is 0 Å². The lowest BCUT2D eigenvalue weighted by Gasteiger charge is -2.33. The Bertz CT molecular complexity index is 1200. The lowest BCUT2D eigenvalue weighted by molar-refractivity contribution is 0.203. The number of methoxy groups -OCH3 is 2. The Morgan fingerprint density at radius 1 is 0.897 bits per heavy atom. The summed E-state index contributed by atoms with van der Waals surface area (Å²) in [6.45, 7) is 6.89. The summed E-state index contributed by atoms with van der Waals surface area (Å²) in [6.07, 6.45) is 3.12. The van der Waals surface area contributed by atoms with Gasteiger partial charge in [0.25, 0.3) is 0 Å². The van der Waals surface area contributed by atoms with Crippen LogP contribution < -0.4 is 20.1 Å². The van der Waals surface area contributed by atoms with E-state index in [1.807, 2.05) is 6.07 Å². The summed E-state index contributed by atoms with van der Waals surface area (Å²) in [4.78, 5) is 16.9. The minimum Gasteiger partial charge on any atom is -0.493 e. The third-order valence-electron chi connectivity index (χ3n) is 7.63. The molecule has 0 amide bonds. The summed E-state index contributed by atoms with van der Waals surface area (Å²) in [5.41, 5.74) is 9.96. The van der Waals surface area contributed by atoms with Gasteiger partial charge in [0.2, 0.25) is 5.95 Å². The van der Waals surface area contributed by atoms with Crippen molar-refractivity contribution in [2.24, 2.45) is 0 Å². The number of rotatable bonds is 6. The maximum atomic E-state index is 6.69. The van der Waals surface area contributed by atoms with Crippen molar-refractivity contribution in [2.75, 3.05) is 71.2 Å². The topological polar surface area (TPSA) is 80.0 Å². The van der Waals surface area contributed by atoms with E-state index in [-0.39, 0.29) is 37.2 Å². The van der Waals surface area contributed by atoms with Crippen molar-refractivity contribution < 1.29 is 9.47 Å². The van der Waals surface area contributed by atoms with E-state index in [9.17, 15) is 0 Å². The summed E-state index contributed by atoms with van der Waals surface area (Å²) in [6, 6.07) is 12.6. The Labute approximate surface area is 250 Å². The molecule has 0 radical (unpaired) electrons. The van der Waals surface area contributed by atoms with E-state index in [0.717, 1.165) is 87.3 Å². The Morgan fingerprint density at radius 3 is 2.28 bits per heavy atom. The van der Waals surface area contributed by atoms with Gasteiger partial charge in [0, 0.05) is 37.8 Å². The zero-order valence-electron chi connectivity index (χ0n) is 23.0. The third-order valence-corrected chi connectivity index (χ3v) is 7.63. The van der Waals surface area contributed by atoms with Crippen LogP contribution in [0, 0.1) is 0 Å². The van der Waals surface area contributed by atoms with Crippen molar-refractivity contribution in [3.8, 4) is 11.5 Å². The molecule has 0 atom stereocenters. The molecule has 2 N–H and O–H groups in total. The van der Waals surface area contributed by atoms with Crippen LogP contribution in [-0.2, 0) is 6.54 Å². The number of hydrogen-bond donors (Lipinski definition) is 1. The van der Waals surface area contributed by atoms with E-state index in [2.05, 4.69) is 52.1 Å². The molecule has 8 nitrogen and oxygen atoms in total. The molecule has 216 valence electrons. The van der Waals surface area contributed by atoms with Gasteiger partial charge in [0.1, 0.15) is 5.82 Å². The number of benzene rings is 2. The van der Waals surface area contributed by atoms with Gasteiger partial charge in [-0.25, -0.2) is 4.98 Å². The van der Waals surface area contributed by atoms with Gasteiger partial charge in [-0.2, -0.15) is 4.98 Å². The Balaban J connectivity index is 0.00000178. The van der Waals surface area contributed by atoms with Crippen molar-refractivity contribution in [2.45, 2.75) is 31.7 Å². The molecule has 11 heteroatoms. The van der Waals surface area contributed by atoms with E-state index < -0.39 is 0 Å². The molecule has 2 aliphatic heterocycles. The summed E-state index contributed by atoms with van der Waals surface area (Å²) in [5.74, 6) is 2.98. The van der Waals surface area contributed by atoms with Crippen LogP contribution in [0.2, 0.25) is 0 Å². The van der Waals surface area contributed by atoms with E-state index >= 15 is 0 Å². The highest BCUT2D eigenvalue weighted by Gasteiger charge is 2.29. The summed E-state index contributed by atoms with van der Waals surface area (Å²) in [7, 11) is 5.55. The van der Waals surface area contributed by atoms with Gasteiger partial charge in [-0.3, -0.25) is 4.90 Å². The number of anilines is 2. The average molecular weight is 600 g/mol. The van der Waals surface area contributed by atoms with Crippen LogP contribution in [0.15, 0.2) is 36.4 Å². The quantitative estimate of drug-likeness (QED) is 0.423. The van der Waals surface area contributed by atoms with E-state index in [1.54, 1.807) is 14.2 Å². The highest BCUT2D eigenvalue weighted by Crippen LogP contribution is 2.46. The molecule has 2 aliphatic rings. The summed E-state index contributed by atoms with van der Waals surface area (Å²) in [5, 5.41) is 0.907. The SMILES string of the molecule is COc1cc2nc(N3CCCN(C)CC3)nc(N)c2c(C2CCN(Cc3ccccc3)CC2)c1OC.Cl.Cl.Cl. The number of hydrogen-bond acceptors (Lipinski definition) is 8. The minimum atomic E-state index is 0. The number of piperidine rings is 1. The van der Waals surface area contributed by atoms with Gasteiger partial charge in [-0.05, 0) is 57.4 Å². The molecule has 0 aliphatic carbocycles. The van der Waals surface area contributed by atoms with Gasteiger partial charge < -0.3 is 25.0 Å². The zero-order chi connectivity index (χ0) is 25.1. The third kappa shape index (κ3) is 7.30. The average Bonchev–Trinajstić information content (AvgIpc) is 3.13. The van der Waals surface area contributed by atoms with Gasteiger partial charge in [0.05, 0.1) is 25.1 Å². The molecule has 2 saturated heterocycles. The summed E-state index contributed by atoms with van der Waals surface area (Å²) < 4.78 is 11.7. The van der Waals surface area contributed by atoms with Crippen LogP contribution in [0.25, 0.3) is 10.9 Å². The highest BCUT2D eigenvalue weighted by molar-refractivity contribution is 5.96. The van der Waals surface area contributed by atoms with Crippen molar-refractivity contribution in [3.05, 3.63) is 47.5 Å². The molecular weight excluding hydrogens is 559 g/mol. The fourth-order valence-electron chi connectivity index (χ4n) is 5.66. The standard InChI is InChI=1S/C28H38N6O2.3ClH/c1-32-12-7-13-34(17-16-32)28-30-22-18-23(35-2)26(36-3)24(25(22)27(29)31-28)21-10-14-33(15-11-21)19-20-8-5-4-6-9-20;;;/h4-6,8-9,18,21H,7,10-17,19H2,1-3H3,(H2,29,30,31);3*1H. The Morgan fingerprint density at radius 2 is 1.62 bits per heavy atom. The number of aromatic nitrogens is 2. The molecular formula is C28H41Cl3N6O2. The van der Waals surface area contributed by atoms with Crippen molar-refractivity contribution in [1.29, 1.82) is 0 Å². The molecule has 3 heterocycles. The highest BCUT2D eigenvalue weighted by atomic mass is 35.5. The number of ether oxygens (including phenoxy) is 2. The molecule has 0 spiro atoms. The van der Waals surface area contributed by atoms with Crippen molar-refractivity contribution in [1.82, 2.24) is 19.8 Å². The smallest absolute Gasteiger partial charge is 0.227 e. The first-order valence-corrected chi connectivity index (χ1v) is 13.0. The van der Waals surface area contributed by atoms with Crippen LogP contribution in [0.4, 0.5) is 11.8 Å². The first-order valence-electron chi connectivity index (χ1n) is 13.0. The van der Waals surface area contributed by atoms with E-state index in [0.29, 0.717) is 23.4 Å². The predicted molar refractivity (Wildman–Crippen MR) is 167 cm³/mol.